The van der Waals surface area contributed by atoms with Gasteiger partial charge in [0, 0.05) is 27.9 Å². The molecule has 4 nitrogen and oxygen atoms in total. The van der Waals surface area contributed by atoms with Gasteiger partial charge in [-0.2, -0.15) is 0 Å². The van der Waals surface area contributed by atoms with Crippen LogP contribution < -0.4 is 0 Å². The Balaban J connectivity index is 1.51. The Kier molecular flexibility index (Phi) is 6.27. The van der Waals surface area contributed by atoms with Crippen molar-refractivity contribution in [3.05, 3.63) is 125 Å². The van der Waals surface area contributed by atoms with Gasteiger partial charge in [-0.25, -0.2) is 15.0 Å². The predicted molar refractivity (Wildman–Crippen MR) is 152 cm³/mol. The SMILES string of the molecule is Clc1ccc(C=Nc2ncnc3oc(-c4ccc(-c5ccccc5)cc4)c(-c4ccccc4)c23)c(Cl)c1. The minimum atomic E-state index is 0.463. The molecule has 2 aromatic heterocycles. The van der Waals surface area contributed by atoms with Crippen molar-refractivity contribution in [2.75, 3.05) is 0 Å². The molecule has 0 radical (unpaired) electrons. The second-order valence-electron chi connectivity index (χ2n) is 8.42. The lowest BCUT2D eigenvalue weighted by Gasteiger charge is -2.06. The number of benzene rings is 4. The van der Waals surface area contributed by atoms with Crippen LogP contribution in [-0.4, -0.2) is 16.2 Å². The van der Waals surface area contributed by atoms with Crippen molar-refractivity contribution in [1.82, 2.24) is 9.97 Å². The Hall–Kier alpha value is -4.25. The van der Waals surface area contributed by atoms with Gasteiger partial charge in [-0.3, -0.25) is 0 Å². The van der Waals surface area contributed by atoms with Crippen molar-refractivity contribution in [3.63, 3.8) is 0 Å². The van der Waals surface area contributed by atoms with Crippen LogP contribution in [0.4, 0.5) is 5.82 Å². The van der Waals surface area contributed by atoms with Crippen LogP contribution in [0.25, 0.3) is 44.7 Å². The Morgan fingerprint density at radius 2 is 1.32 bits per heavy atom. The van der Waals surface area contributed by atoms with E-state index in [2.05, 4.69) is 51.4 Å². The number of furan rings is 1. The molecule has 0 saturated heterocycles. The van der Waals surface area contributed by atoms with Crippen LogP contribution in [0.5, 0.6) is 0 Å². The molecule has 2 heterocycles. The summed E-state index contributed by atoms with van der Waals surface area (Å²) in [6.07, 6.45) is 3.13. The van der Waals surface area contributed by atoms with E-state index in [0.717, 1.165) is 38.8 Å². The molecule has 0 saturated carbocycles. The van der Waals surface area contributed by atoms with Crippen molar-refractivity contribution in [3.8, 4) is 33.6 Å². The average Bonchev–Trinajstić information content (AvgIpc) is 3.34. The molecule has 6 heteroatoms. The summed E-state index contributed by atoms with van der Waals surface area (Å²) >= 11 is 12.4. The maximum Gasteiger partial charge on any atom is 0.232 e. The largest absolute Gasteiger partial charge is 0.437 e. The molecule has 37 heavy (non-hydrogen) atoms. The van der Waals surface area contributed by atoms with Gasteiger partial charge in [-0.1, -0.05) is 114 Å². The fourth-order valence-electron chi connectivity index (χ4n) is 4.28. The lowest BCUT2D eigenvalue weighted by molar-refractivity contribution is 0.618. The quantitative estimate of drug-likeness (QED) is 0.213. The summed E-state index contributed by atoms with van der Waals surface area (Å²) in [6.45, 7) is 0. The molecule has 4 aromatic carbocycles. The van der Waals surface area contributed by atoms with Crippen LogP contribution in [0.1, 0.15) is 5.56 Å². The summed E-state index contributed by atoms with van der Waals surface area (Å²) in [6, 6.07) is 33.9. The molecule has 0 unspecified atom stereocenters. The summed E-state index contributed by atoms with van der Waals surface area (Å²) in [5.74, 6) is 1.20. The summed E-state index contributed by atoms with van der Waals surface area (Å²) in [4.78, 5) is 13.6. The van der Waals surface area contributed by atoms with Gasteiger partial charge in [-0.05, 0) is 28.8 Å². The summed E-state index contributed by atoms with van der Waals surface area (Å²) in [7, 11) is 0. The number of hydrogen-bond donors (Lipinski definition) is 0. The van der Waals surface area contributed by atoms with Gasteiger partial charge in [0.05, 0.1) is 10.4 Å². The first-order chi connectivity index (χ1) is 18.2. The van der Waals surface area contributed by atoms with Crippen LogP contribution in [-0.2, 0) is 0 Å². The van der Waals surface area contributed by atoms with Crippen molar-refractivity contribution in [2.45, 2.75) is 0 Å². The van der Waals surface area contributed by atoms with E-state index in [1.54, 1.807) is 18.3 Å². The third kappa shape index (κ3) is 4.65. The molecule has 6 aromatic rings. The zero-order chi connectivity index (χ0) is 25.2. The van der Waals surface area contributed by atoms with Gasteiger partial charge in [0.15, 0.2) is 5.82 Å². The van der Waals surface area contributed by atoms with Crippen molar-refractivity contribution in [2.24, 2.45) is 4.99 Å². The minimum absolute atomic E-state index is 0.463. The number of nitrogens with zero attached hydrogens (tertiary/aromatic N) is 3. The van der Waals surface area contributed by atoms with Crippen LogP contribution in [0.3, 0.4) is 0 Å². The molecular formula is C31H19Cl2N3O. The van der Waals surface area contributed by atoms with Gasteiger partial charge < -0.3 is 4.42 Å². The number of fused-ring (bicyclic) bond motifs is 1. The monoisotopic (exact) mass is 519 g/mol. The highest BCUT2D eigenvalue weighted by Crippen LogP contribution is 2.43. The zero-order valence-corrected chi connectivity index (χ0v) is 21.0. The topological polar surface area (TPSA) is 51.3 Å². The lowest BCUT2D eigenvalue weighted by Crippen LogP contribution is -1.86. The molecule has 0 atom stereocenters. The van der Waals surface area contributed by atoms with E-state index in [0.29, 0.717) is 27.3 Å². The number of aromatic nitrogens is 2. The van der Waals surface area contributed by atoms with Crippen LogP contribution >= 0.6 is 23.2 Å². The fourth-order valence-corrected chi connectivity index (χ4v) is 4.74. The van der Waals surface area contributed by atoms with E-state index >= 15 is 0 Å². The molecule has 6 rings (SSSR count). The van der Waals surface area contributed by atoms with E-state index in [-0.39, 0.29) is 0 Å². The first-order valence-corrected chi connectivity index (χ1v) is 12.4. The number of hydrogen-bond acceptors (Lipinski definition) is 4. The maximum atomic E-state index is 6.36. The number of aliphatic imine (C=N–C) groups is 1. The molecule has 0 fully saturated rings. The van der Waals surface area contributed by atoms with Gasteiger partial charge in [0.2, 0.25) is 5.71 Å². The Labute approximate surface area is 223 Å². The summed E-state index contributed by atoms with van der Waals surface area (Å²) in [5.41, 5.74) is 6.30. The Bertz CT molecular complexity index is 1730. The van der Waals surface area contributed by atoms with Crippen LogP contribution in [0.15, 0.2) is 119 Å². The summed E-state index contributed by atoms with van der Waals surface area (Å²) < 4.78 is 6.35. The maximum absolute atomic E-state index is 6.36. The highest BCUT2D eigenvalue weighted by atomic mass is 35.5. The smallest absolute Gasteiger partial charge is 0.232 e. The van der Waals surface area contributed by atoms with E-state index < -0.39 is 0 Å². The van der Waals surface area contributed by atoms with E-state index in [9.17, 15) is 0 Å². The first kappa shape index (κ1) is 23.2. The molecule has 0 aliphatic rings. The zero-order valence-electron chi connectivity index (χ0n) is 19.5. The predicted octanol–water partition coefficient (Wildman–Crippen LogP) is 9.28. The molecule has 0 aliphatic carbocycles. The first-order valence-electron chi connectivity index (χ1n) is 11.7. The Morgan fingerprint density at radius 1 is 0.676 bits per heavy atom. The molecule has 0 amide bonds. The van der Waals surface area contributed by atoms with Crippen molar-refractivity contribution in [1.29, 1.82) is 0 Å². The number of halogens is 2. The highest BCUT2D eigenvalue weighted by Gasteiger charge is 2.22. The molecule has 0 aliphatic heterocycles. The summed E-state index contributed by atoms with van der Waals surface area (Å²) in [5, 5.41) is 1.81. The van der Waals surface area contributed by atoms with Gasteiger partial charge in [0.25, 0.3) is 0 Å². The normalized spacial score (nSPS) is 11.4. The lowest BCUT2D eigenvalue weighted by atomic mass is 9.97. The highest BCUT2D eigenvalue weighted by molar-refractivity contribution is 6.36. The number of rotatable bonds is 5. The average molecular weight is 520 g/mol. The minimum Gasteiger partial charge on any atom is -0.437 e. The van der Waals surface area contributed by atoms with Gasteiger partial charge >= 0.3 is 0 Å². The third-order valence-electron chi connectivity index (χ3n) is 6.07. The molecule has 178 valence electrons. The van der Waals surface area contributed by atoms with E-state index in [1.165, 1.54) is 6.33 Å². The second kappa shape index (κ2) is 10.0. The molecule has 0 N–H and O–H groups in total. The van der Waals surface area contributed by atoms with Crippen LogP contribution in [0, 0.1) is 0 Å². The van der Waals surface area contributed by atoms with E-state index in [4.69, 9.17) is 27.6 Å². The van der Waals surface area contributed by atoms with Crippen molar-refractivity contribution >= 4 is 46.3 Å². The van der Waals surface area contributed by atoms with Crippen molar-refractivity contribution < 1.29 is 4.42 Å². The van der Waals surface area contributed by atoms with Gasteiger partial charge in [0.1, 0.15) is 12.1 Å². The molecule has 0 bridgehead atoms. The van der Waals surface area contributed by atoms with Gasteiger partial charge in [-0.15, -0.1) is 0 Å². The van der Waals surface area contributed by atoms with E-state index in [1.807, 2.05) is 54.6 Å². The Morgan fingerprint density at radius 3 is 2.03 bits per heavy atom. The molecular weight excluding hydrogens is 501 g/mol. The fraction of sp³-hybridized carbons (Fsp3) is 0. The molecule has 0 spiro atoms. The second-order valence-corrected chi connectivity index (χ2v) is 9.26. The van der Waals surface area contributed by atoms with Crippen LogP contribution in [0.2, 0.25) is 10.0 Å². The standard InChI is InChI=1S/C31H19Cl2N3O/c32-25-16-15-24(26(33)17-25)18-34-30-28-27(22-9-5-2-6-10-22)29(37-31(28)36-19-35-30)23-13-11-21(12-14-23)20-7-3-1-4-8-20/h1-19H. The third-order valence-corrected chi connectivity index (χ3v) is 6.64.